The van der Waals surface area contributed by atoms with Gasteiger partial charge in [0, 0.05) is 36.1 Å². The quantitative estimate of drug-likeness (QED) is 0.245. The van der Waals surface area contributed by atoms with Crippen LogP contribution in [0.2, 0.25) is 0 Å². The molecule has 0 fully saturated rings. The van der Waals surface area contributed by atoms with Crippen molar-refractivity contribution in [2.75, 3.05) is 4.90 Å². The number of aromatic nitrogens is 2. The van der Waals surface area contributed by atoms with Crippen molar-refractivity contribution in [3.63, 3.8) is 0 Å². The second-order valence-corrected chi connectivity index (χ2v) is 10.7. The molecular weight excluding hydrogens is 508 g/mol. The molecule has 1 aliphatic heterocycles. The summed E-state index contributed by atoms with van der Waals surface area (Å²) in [6.45, 7) is 9.14. The minimum atomic E-state index is -1.18. The van der Waals surface area contributed by atoms with Crippen LogP contribution in [0.4, 0.5) is 14.5 Å². The van der Waals surface area contributed by atoms with E-state index in [-0.39, 0.29) is 17.2 Å². The van der Waals surface area contributed by atoms with Crippen molar-refractivity contribution in [2.45, 2.75) is 58.7 Å². The van der Waals surface area contributed by atoms with Crippen molar-refractivity contribution in [1.82, 2.24) is 9.78 Å². The molecule has 0 bridgehead atoms. The average Bonchev–Trinajstić information content (AvgIpc) is 3.41. The number of aliphatic carboxylic acids is 1. The smallest absolute Gasteiger partial charge is 0.328 e. The number of anilines is 1. The van der Waals surface area contributed by atoms with E-state index in [2.05, 4.69) is 49.0 Å². The molecule has 0 radical (unpaired) electrons. The summed E-state index contributed by atoms with van der Waals surface area (Å²) in [4.78, 5) is 13.1. The van der Waals surface area contributed by atoms with E-state index in [1.54, 1.807) is 0 Å². The maximum Gasteiger partial charge on any atom is 0.328 e. The predicted molar refractivity (Wildman–Crippen MR) is 154 cm³/mol. The molecule has 0 unspecified atom stereocenters. The third-order valence-corrected chi connectivity index (χ3v) is 7.65. The Hall–Kier alpha value is -4.26. The second-order valence-electron chi connectivity index (χ2n) is 10.7. The van der Waals surface area contributed by atoms with Crippen molar-refractivity contribution >= 4 is 17.7 Å². The highest BCUT2D eigenvalue weighted by molar-refractivity contribution is 5.85. The van der Waals surface area contributed by atoms with Crippen LogP contribution in [0.15, 0.2) is 73.1 Å². The molecule has 206 valence electrons. The number of halogens is 2. The summed E-state index contributed by atoms with van der Waals surface area (Å²) in [6, 6.07) is 15.9. The average molecular weight is 542 g/mol. The Morgan fingerprint density at radius 3 is 2.38 bits per heavy atom. The molecule has 5 rings (SSSR count). The highest BCUT2D eigenvalue weighted by atomic mass is 19.1. The number of carboxylic acids is 1. The maximum absolute atomic E-state index is 15.8. The zero-order valence-corrected chi connectivity index (χ0v) is 23.1. The van der Waals surface area contributed by atoms with Gasteiger partial charge in [-0.3, -0.25) is 4.68 Å². The van der Waals surface area contributed by atoms with Crippen LogP contribution in [-0.4, -0.2) is 26.9 Å². The third-order valence-electron chi connectivity index (χ3n) is 7.65. The molecule has 3 aromatic carbocycles. The second kappa shape index (κ2) is 11.1. The van der Waals surface area contributed by atoms with E-state index in [1.807, 2.05) is 48.3 Å². The molecule has 0 aliphatic carbocycles. The lowest BCUT2D eigenvalue weighted by atomic mass is 9.82. The van der Waals surface area contributed by atoms with Crippen LogP contribution in [0.1, 0.15) is 67.5 Å². The van der Waals surface area contributed by atoms with Gasteiger partial charge in [0.25, 0.3) is 0 Å². The molecule has 1 N–H and O–H groups in total. The van der Waals surface area contributed by atoms with Gasteiger partial charge < -0.3 is 10.0 Å². The van der Waals surface area contributed by atoms with Crippen molar-refractivity contribution in [3.05, 3.63) is 113 Å². The normalized spacial score (nSPS) is 17.0. The van der Waals surface area contributed by atoms with E-state index in [0.29, 0.717) is 12.3 Å². The number of carbonyl (C=O) groups is 1. The Morgan fingerprint density at radius 1 is 1.07 bits per heavy atom. The molecule has 1 aliphatic rings. The van der Waals surface area contributed by atoms with Gasteiger partial charge in [0.2, 0.25) is 0 Å². The predicted octanol–water partition coefficient (Wildman–Crippen LogP) is 7.61. The zero-order valence-electron chi connectivity index (χ0n) is 23.1. The first-order chi connectivity index (χ1) is 19.2. The number of hydrogen-bond acceptors (Lipinski definition) is 3. The molecule has 0 spiro atoms. The largest absolute Gasteiger partial charge is 0.478 e. The highest BCUT2D eigenvalue weighted by Crippen LogP contribution is 2.44. The lowest BCUT2D eigenvalue weighted by Crippen LogP contribution is -2.43. The number of benzene rings is 3. The van der Waals surface area contributed by atoms with Gasteiger partial charge in [0.1, 0.15) is 11.6 Å². The van der Waals surface area contributed by atoms with Crippen LogP contribution in [-0.2, 0) is 17.8 Å². The van der Waals surface area contributed by atoms with Gasteiger partial charge in [-0.1, -0.05) is 44.2 Å². The van der Waals surface area contributed by atoms with E-state index in [1.165, 1.54) is 23.8 Å². The zero-order chi connectivity index (χ0) is 28.6. The minimum absolute atomic E-state index is 0.0543. The lowest BCUT2D eigenvalue weighted by Gasteiger charge is -2.44. The summed E-state index contributed by atoms with van der Waals surface area (Å²) in [5, 5.41) is 13.4. The van der Waals surface area contributed by atoms with Crippen molar-refractivity contribution < 1.29 is 18.7 Å². The Bertz CT molecular complexity index is 1550. The van der Waals surface area contributed by atoms with E-state index in [4.69, 9.17) is 5.11 Å². The molecule has 40 heavy (non-hydrogen) atoms. The first-order valence-electron chi connectivity index (χ1n) is 13.6. The number of hydrogen-bond donors (Lipinski definition) is 1. The number of nitrogens with zero attached hydrogens (tertiary/aromatic N) is 3. The molecule has 4 aromatic rings. The van der Waals surface area contributed by atoms with E-state index < -0.39 is 23.6 Å². The molecule has 2 heterocycles. The first-order valence-corrected chi connectivity index (χ1v) is 13.6. The van der Waals surface area contributed by atoms with Gasteiger partial charge in [0.05, 0.1) is 17.8 Å². The van der Waals surface area contributed by atoms with E-state index in [0.717, 1.165) is 40.6 Å². The van der Waals surface area contributed by atoms with E-state index in [9.17, 15) is 4.79 Å². The van der Waals surface area contributed by atoms with Crippen LogP contribution in [0.25, 0.3) is 17.2 Å². The fourth-order valence-corrected chi connectivity index (χ4v) is 5.59. The molecule has 0 saturated heterocycles. The van der Waals surface area contributed by atoms with Gasteiger partial charge >= 0.3 is 5.97 Å². The monoisotopic (exact) mass is 541 g/mol. The summed E-state index contributed by atoms with van der Waals surface area (Å²) in [5.41, 5.74) is 6.04. The third kappa shape index (κ3) is 5.28. The fraction of sp³-hybridized carbons (Fsp3) is 0.273. The lowest BCUT2D eigenvalue weighted by molar-refractivity contribution is -0.131. The minimum Gasteiger partial charge on any atom is -0.478 e. The van der Waals surface area contributed by atoms with Gasteiger partial charge in [-0.15, -0.1) is 0 Å². The van der Waals surface area contributed by atoms with Crippen LogP contribution < -0.4 is 4.90 Å². The van der Waals surface area contributed by atoms with Crippen molar-refractivity contribution in [1.29, 1.82) is 0 Å². The number of aryl methyl sites for hydroxylation is 1. The molecule has 5 nitrogen and oxygen atoms in total. The summed E-state index contributed by atoms with van der Waals surface area (Å²) in [5.74, 6) is -2.25. The summed E-state index contributed by atoms with van der Waals surface area (Å²) in [6.07, 6.45) is 6.60. The summed E-state index contributed by atoms with van der Waals surface area (Å²) < 4.78 is 33.5. The Labute approximate surface area is 233 Å². The summed E-state index contributed by atoms with van der Waals surface area (Å²) >= 11 is 0. The Kier molecular flexibility index (Phi) is 7.57. The van der Waals surface area contributed by atoms with Crippen LogP contribution in [0.3, 0.4) is 0 Å². The van der Waals surface area contributed by atoms with Crippen LogP contribution in [0.5, 0.6) is 0 Å². The standard InChI is InChI=1S/C33H33F2N3O2/c1-5-37-19-26(18-36-37)24-9-12-28-25(17-24)14-21(4)38(27-10-7-23(8-11-27)20(2)3)33(28)32-29(34)15-22(16-30(32)35)6-13-31(39)40/h6-13,15-21,33H,5,14H2,1-4H3,(H,39,40)/b13-6+/t21-,33+/m1/s1. The topological polar surface area (TPSA) is 58.4 Å². The Morgan fingerprint density at radius 2 is 1.77 bits per heavy atom. The van der Waals surface area contributed by atoms with Crippen molar-refractivity contribution in [3.8, 4) is 11.1 Å². The number of rotatable bonds is 7. The van der Waals surface area contributed by atoms with Gasteiger partial charge in [0.15, 0.2) is 0 Å². The van der Waals surface area contributed by atoms with Gasteiger partial charge in [-0.25, -0.2) is 13.6 Å². The molecule has 7 heteroatoms. The van der Waals surface area contributed by atoms with Crippen LogP contribution >= 0.6 is 0 Å². The van der Waals surface area contributed by atoms with Crippen molar-refractivity contribution in [2.24, 2.45) is 0 Å². The van der Waals surface area contributed by atoms with E-state index >= 15 is 8.78 Å². The summed E-state index contributed by atoms with van der Waals surface area (Å²) in [7, 11) is 0. The first kappa shape index (κ1) is 27.3. The SMILES string of the molecule is CCn1cc(-c2ccc3c(c2)C[C@@H](C)N(c2ccc(C(C)C)cc2)[C@@H]3c2c(F)cc(/C=C/C(=O)O)cc2F)cn1. The van der Waals surface area contributed by atoms with Crippen LogP contribution in [0, 0.1) is 11.6 Å². The maximum atomic E-state index is 15.8. The molecule has 1 aromatic heterocycles. The highest BCUT2D eigenvalue weighted by Gasteiger charge is 2.37. The Balaban J connectivity index is 1.66. The van der Waals surface area contributed by atoms with Gasteiger partial charge in [-0.05, 0) is 84.3 Å². The molecule has 0 amide bonds. The number of carboxylic acid groups (broad SMARTS) is 1. The molecule has 2 atom stereocenters. The fourth-order valence-electron chi connectivity index (χ4n) is 5.59. The molecular formula is C33H33F2N3O2. The molecule has 0 saturated carbocycles. The van der Waals surface area contributed by atoms with Gasteiger partial charge in [-0.2, -0.15) is 5.10 Å². The number of fused-ring (bicyclic) bond motifs is 1.